The number of aromatic amines is 1. The molecule has 0 fully saturated rings. The van der Waals surface area contributed by atoms with Crippen molar-refractivity contribution < 1.29 is 4.79 Å². The molecule has 0 saturated carbocycles. The second-order valence-electron chi connectivity index (χ2n) is 8.78. The quantitative estimate of drug-likeness (QED) is 0.458. The highest BCUT2D eigenvalue weighted by atomic mass is 35.5. The molecule has 1 heterocycles. The number of carbonyl (C=O) groups excluding carboxylic acids is 1. The molecule has 7 nitrogen and oxygen atoms in total. The van der Waals surface area contributed by atoms with Crippen LogP contribution < -0.4 is 21.9 Å². The molecule has 9 heteroatoms. The van der Waals surface area contributed by atoms with Gasteiger partial charge in [0, 0.05) is 28.4 Å². The molecule has 0 aliphatic heterocycles. The first kappa shape index (κ1) is 24.9. The third kappa shape index (κ3) is 5.62. The number of aromatic nitrogens is 2. The fraction of sp³-hybridized carbons (Fsp3) is 0.375. The Morgan fingerprint density at radius 1 is 1.12 bits per heavy atom. The largest absolute Gasteiger partial charge is 0.383 e. The zero-order chi connectivity index (χ0) is 24.3. The minimum Gasteiger partial charge on any atom is -0.383 e. The van der Waals surface area contributed by atoms with Crippen LogP contribution in [0.1, 0.15) is 27.7 Å². The fourth-order valence-corrected chi connectivity index (χ4v) is 4.99. The van der Waals surface area contributed by atoms with E-state index in [1.807, 2.05) is 64.1 Å². The van der Waals surface area contributed by atoms with Gasteiger partial charge in [-0.2, -0.15) is 0 Å². The molecule has 3 rings (SSSR count). The van der Waals surface area contributed by atoms with Crippen LogP contribution in [0.25, 0.3) is 10.8 Å². The van der Waals surface area contributed by atoms with Crippen molar-refractivity contribution in [1.29, 1.82) is 0 Å². The maximum atomic E-state index is 13.4. The van der Waals surface area contributed by atoms with Crippen molar-refractivity contribution in [3.05, 3.63) is 62.3 Å². The van der Waals surface area contributed by atoms with E-state index in [2.05, 4.69) is 4.98 Å². The number of thioether (sulfide) groups is 1. The SMILES string of the molecule is CC(C)CN(C(=O)CSc1cccc2cccc(Cl)c12)c1c(N)n(CC(C)C)c(=O)[nH]c1=O. The van der Waals surface area contributed by atoms with Crippen molar-refractivity contribution in [2.75, 3.05) is 22.9 Å². The van der Waals surface area contributed by atoms with Gasteiger partial charge in [0.1, 0.15) is 5.82 Å². The third-order valence-electron chi connectivity index (χ3n) is 5.05. The first-order chi connectivity index (χ1) is 15.6. The number of rotatable bonds is 8. The molecule has 33 heavy (non-hydrogen) atoms. The number of halogens is 1. The van der Waals surface area contributed by atoms with Gasteiger partial charge in [-0.15, -0.1) is 11.8 Å². The van der Waals surface area contributed by atoms with Crippen LogP contribution in [-0.2, 0) is 11.3 Å². The summed E-state index contributed by atoms with van der Waals surface area (Å²) < 4.78 is 1.32. The molecule has 2 aromatic carbocycles. The van der Waals surface area contributed by atoms with Gasteiger partial charge in [0.15, 0.2) is 5.69 Å². The van der Waals surface area contributed by atoms with Gasteiger partial charge in [-0.1, -0.05) is 63.6 Å². The van der Waals surface area contributed by atoms with E-state index in [0.29, 0.717) is 18.1 Å². The van der Waals surface area contributed by atoms with Crippen molar-refractivity contribution in [2.24, 2.45) is 11.8 Å². The summed E-state index contributed by atoms with van der Waals surface area (Å²) in [7, 11) is 0. The van der Waals surface area contributed by atoms with Crippen LogP contribution in [0.4, 0.5) is 11.5 Å². The lowest BCUT2D eigenvalue weighted by Gasteiger charge is -2.26. The number of nitrogens with two attached hydrogens (primary N) is 1. The Hall–Kier alpha value is -2.71. The summed E-state index contributed by atoms with van der Waals surface area (Å²) in [4.78, 5) is 43.1. The lowest BCUT2D eigenvalue weighted by molar-refractivity contribution is -0.116. The molecule has 3 N–H and O–H groups in total. The fourth-order valence-electron chi connectivity index (χ4n) is 3.67. The van der Waals surface area contributed by atoms with E-state index in [9.17, 15) is 14.4 Å². The minimum absolute atomic E-state index is 0.00431. The predicted molar refractivity (Wildman–Crippen MR) is 137 cm³/mol. The van der Waals surface area contributed by atoms with E-state index < -0.39 is 11.2 Å². The van der Waals surface area contributed by atoms with Crippen LogP contribution in [0.3, 0.4) is 0 Å². The molecule has 0 spiro atoms. The van der Waals surface area contributed by atoms with Crippen LogP contribution in [0.2, 0.25) is 5.02 Å². The van der Waals surface area contributed by atoms with E-state index in [4.69, 9.17) is 17.3 Å². The summed E-state index contributed by atoms with van der Waals surface area (Å²) in [6.07, 6.45) is 0. The van der Waals surface area contributed by atoms with Gasteiger partial charge in [0.05, 0.1) is 5.75 Å². The van der Waals surface area contributed by atoms with Crippen LogP contribution in [0.5, 0.6) is 0 Å². The summed E-state index contributed by atoms with van der Waals surface area (Å²) in [5, 5.41) is 2.49. The van der Waals surface area contributed by atoms with Crippen molar-refractivity contribution in [1.82, 2.24) is 9.55 Å². The summed E-state index contributed by atoms with van der Waals surface area (Å²) >= 11 is 7.77. The van der Waals surface area contributed by atoms with Gasteiger partial charge in [-0.25, -0.2) is 4.79 Å². The monoisotopic (exact) mass is 488 g/mol. The number of H-pyrrole nitrogens is 1. The molecule has 0 unspecified atom stereocenters. The Balaban J connectivity index is 1.97. The predicted octanol–water partition coefficient (Wildman–Crippen LogP) is 4.36. The van der Waals surface area contributed by atoms with Gasteiger partial charge in [-0.3, -0.25) is 19.1 Å². The average Bonchev–Trinajstić information content (AvgIpc) is 2.73. The van der Waals surface area contributed by atoms with Gasteiger partial charge in [0.2, 0.25) is 5.91 Å². The number of nitrogen functional groups attached to an aromatic ring is 1. The lowest BCUT2D eigenvalue weighted by Crippen LogP contribution is -2.43. The Kier molecular flexibility index (Phi) is 7.92. The summed E-state index contributed by atoms with van der Waals surface area (Å²) in [6.45, 7) is 8.42. The van der Waals surface area contributed by atoms with Crippen molar-refractivity contribution in [2.45, 2.75) is 39.1 Å². The number of hydrogen-bond acceptors (Lipinski definition) is 5. The van der Waals surface area contributed by atoms with E-state index >= 15 is 0 Å². The highest BCUT2D eigenvalue weighted by molar-refractivity contribution is 8.00. The highest BCUT2D eigenvalue weighted by Crippen LogP contribution is 2.33. The zero-order valence-electron chi connectivity index (χ0n) is 19.2. The topological polar surface area (TPSA) is 101 Å². The maximum absolute atomic E-state index is 13.4. The Bertz CT molecular complexity index is 1280. The van der Waals surface area contributed by atoms with Crippen LogP contribution in [-0.4, -0.2) is 27.8 Å². The number of hydrogen-bond donors (Lipinski definition) is 2. The molecular formula is C24H29ClN4O3S. The summed E-state index contributed by atoms with van der Waals surface area (Å²) in [6, 6.07) is 11.5. The van der Waals surface area contributed by atoms with E-state index in [0.717, 1.165) is 15.7 Å². The summed E-state index contributed by atoms with van der Waals surface area (Å²) in [5.74, 6) is 0.0217. The van der Waals surface area contributed by atoms with Gasteiger partial charge >= 0.3 is 5.69 Å². The molecule has 0 aliphatic carbocycles. The lowest BCUT2D eigenvalue weighted by atomic mass is 10.1. The van der Waals surface area contributed by atoms with E-state index in [-0.39, 0.29) is 35.0 Å². The van der Waals surface area contributed by atoms with Gasteiger partial charge < -0.3 is 10.6 Å². The molecule has 176 valence electrons. The molecule has 0 atom stereocenters. The number of carbonyl (C=O) groups is 1. The second-order valence-corrected chi connectivity index (χ2v) is 10.2. The van der Waals surface area contributed by atoms with Crippen molar-refractivity contribution in [3.8, 4) is 0 Å². The number of amides is 1. The van der Waals surface area contributed by atoms with Crippen molar-refractivity contribution in [3.63, 3.8) is 0 Å². The second kappa shape index (κ2) is 10.5. The Morgan fingerprint density at radius 3 is 2.42 bits per heavy atom. The first-order valence-electron chi connectivity index (χ1n) is 10.8. The maximum Gasteiger partial charge on any atom is 0.330 e. The smallest absolute Gasteiger partial charge is 0.330 e. The van der Waals surface area contributed by atoms with Gasteiger partial charge in [-0.05, 0) is 29.4 Å². The standard InChI is InChI=1S/C24H29ClN4O3S/c1-14(2)11-28(21-22(26)29(12-15(3)4)24(32)27-23(21)31)19(30)13-33-18-10-6-8-16-7-5-9-17(25)20(16)18/h5-10,14-15H,11-13,26H2,1-4H3,(H,27,31,32). The molecule has 0 radical (unpaired) electrons. The molecule has 1 amide bonds. The minimum atomic E-state index is -0.662. The molecule has 0 aliphatic rings. The van der Waals surface area contributed by atoms with Crippen LogP contribution in [0, 0.1) is 11.8 Å². The highest BCUT2D eigenvalue weighted by Gasteiger charge is 2.25. The Morgan fingerprint density at radius 2 is 1.79 bits per heavy atom. The number of nitrogens with one attached hydrogen (secondary N) is 1. The molecular weight excluding hydrogens is 460 g/mol. The average molecular weight is 489 g/mol. The molecule has 0 bridgehead atoms. The number of benzene rings is 2. The Labute approximate surface area is 201 Å². The molecule has 0 saturated heterocycles. The number of nitrogens with zero attached hydrogens (tertiary/aromatic N) is 2. The zero-order valence-corrected chi connectivity index (χ0v) is 20.8. The summed E-state index contributed by atoms with van der Waals surface area (Å²) in [5.41, 5.74) is 5.05. The van der Waals surface area contributed by atoms with Crippen LogP contribution in [0.15, 0.2) is 50.9 Å². The van der Waals surface area contributed by atoms with Gasteiger partial charge in [0.25, 0.3) is 5.56 Å². The van der Waals surface area contributed by atoms with E-state index in [1.165, 1.54) is 21.2 Å². The van der Waals surface area contributed by atoms with E-state index in [1.54, 1.807) is 0 Å². The molecule has 1 aromatic heterocycles. The third-order valence-corrected chi connectivity index (χ3v) is 6.40. The first-order valence-corrected chi connectivity index (χ1v) is 12.2. The normalized spacial score (nSPS) is 11.5. The van der Waals surface area contributed by atoms with Crippen LogP contribution >= 0.6 is 23.4 Å². The number of fused-ring (bicyclic) bond motifs is 1. The molecule has 3 aromatic rings. The van der Waals surface area contributed by atoms with Crippen molar-refractivity contribution >= 4 is 51.5 Å². The number of anilines is 2.